The van der Waals surface area contributed by atoms with Crippen molar-refractivity contribution < 1.29 is 18.7 Å². The van der Waals surface area contributed by atoms with Crippen molar-refractivity contribution in [1.82, 2.24) is 4.90 Å². The minimum Gasteiger partial charge on any atom is -0.478 e. The normalized spacial score (nSPS) is 12.5. The number of benzene rings is 3. The third kappa shape index (κ3) is 5.07. The van der Waals surface area contributed by atoms with Crippen LogP contribution in [0.15, 0.2) is 57.7 Å². The maximum atomic E-state index is 14.3. The summed E-state index contributed by atoms with van der Waals surface area (Å²) in [4.78, 5) is 27.1. The molecule has 0 aliphatic rings. The van der Waals surface area contributed by atoms with Crippen LogP contribution in [0.25, 0.3) is 35.1 Å². The largest absolute Gasteiger partial charge is 0.478 e. The molecule has 1 aromatic heterocycles. The summed E-state index contributed by atoms with van der Waals surface area (Å²) < 4.78 is 20.7. The number of rotatable bonds is 6. The minimum absolute atomic E-state index is 0.137. The summed E-state index contributed by atoms with van der Waals surface area (Å²) in [7, 11) is 5.53. The molecule has 4 aromatic rings. The van der Waals surface area contributed by atoms with E-state index < -0.39 is 11.8 Å². The van der Waals surface area contributed by atoms with Crippen molar-refractivity contribution in [2.45, 2.75) is 26.6 Å². The van der Waals surface area contributed by atoms with Crippen LogP contribution >= 0.6 is 0 Å². The van der Waals surface area contributed by atoms with Crippen molar-refractivity contribution >= 4 is 42.5 Å². The highest BCUT2D eigenvalue weighted by Crippen LogP contribution is 2.31. The highest BCUT2D eigenvalue weighted by atomic mass is 19.1. The summed E-state index contributed by atoms with van der Waals surface area (Å²) in [5, 5.41) is 11.7. The zero-order chi connectivity index (χ0) is 27.0. The van der Waals surface area contributed by atoms with Gasteiger partial charge < -0.3 is 14.4 Å². The predicted molar refractivity (Wildman–Crippen MR) is 147 cm³/mol. The van der Waals surface area contributed by atoms with Crippen molar-refractivity contribution in [3.05, 3.63) is 97.3 Å². The molecule has 0 aliphatic heterocycles. The smallest absolute Gasteiger partial charge is 0.338 e. The van der Waals surface area contributed by atoms with Crippen LogP contribution in [-0.2, 0) is 0 Å². The molecular weight excluding hydrogens is 468 g/mol. The molecule has 4 rings (SSSR count). The van der Waals surface area contributed by atoms with Crippen molar-refractivity contribution in [2.24, 2.45) is 0 Å². The first-order valence-corrected chi connectivity index (χ1v) is 11.9. The van der Waals surface area contributed by atoms with Gasteiger partial charge in [-0.2, -0.15) is 0 Å². The molecule has 0 saturated heterocycles. The Balaban J connectivity index is 1.92. The predicted octanol–water partition coefficient (Wildman–Crippen LogP) is 3.71. The van der Waals surface area contributed by atoms with Gasteiger partial charge in [-0.05, 0) is 59.4 Å². The monoisotopic (exact) mass is 496 g/mol. The summed E-state index contributed by atoms with van der Waals surface area (Å²) in [6.45, 7) is 9.59. The Labute approximate surface area is 215 Å². The van der Waals surface area contributed by atoms with Crippen molar-refractivity contribution in [2.75, 3.05) is 14.1 Å². The summed E-state index contributed by atoms with van der Waals surface area (Å²) in [6, 6.07) is 13.6. The van der Waals surface area contributed by atoms with Gasteiger partial charge in [0.05, 0.1) is 10.9 Å². The fraction of sp³-hybridized carbons (Fsp3) is 0.200. The fourth-order valence-electron chi connectivity index (χ4n) is 4.58. The molecule has 1 atom stereocenters. The van der Waals surface area contributed by atoms with Gasteiger partial charge in [0, 0.05) is 31.4 Å². The first kappa shape index (κ1) is 26.0. The molecule has 1 radical (unpaired) electrons. The summed E-state index contributed by atoms with van der Waals surface area (Å²) in [5.41, 5.74) is 2.98. The molecule has 1 unspecified atom stereocenters. The number of hydrogen-bond donors (Lipinski definition) is 1. The van der Waals surface area contributed by atoms with Crippen molar-refractivity contribution in [3.8, 4) is 11.3 Å². The van der Waals surface area contributed by atoms with E-state index >= 15 is 0 Å². The topological polar surface area (TPSA) is 70.7 Å². The highest BCUT2D eigenvalue weighted by Gasteiger charge is 2.23. The first-order chi connectivity index (χ1) is 17.5. The third-order valence-corrected chi connectivity index (χ3v) is 6.38. The lowest BCUT2D eigenvalue weighted by atomic mass is 9.56. The molecule has 1 heterocycles. The molecule has 0 spiro atoms. The minimum atomic E-state index is -1.34. The number of nitrogens with zero attached hydrogens (tertiary/aromatic N) is 1. The van der Waals surface area contributed by atoms with Crippen LogP contribution in [0, 0.1) is 19.7 Å². The molecule has 5 nitrogen and oxygen atoms in total. The Morgan fingerprint density at radius 2 is 1.89 bits per heavy atom. The Morgan fingerprint density at radius 1 is 1.16 bits per heavy atom. The van der Waals surface area contributed by atoms with E-state index in [0.29, 0.717) is 27.9 Å². The van der Waals surface area contributed by atoms with Gasteiger partial charge in [0.25, 0.3) is 0 Å². The van der Waals surface area contributed by atoms with Crippen molar-refractivity contribution in [3.63, 3.8) is 0 Å². The number of carbonyl (C=O) groups is 1. The van der Waals surface area contributed by atoms with E-state index in [1.807, 2.05) is 63.3 Å². The Bertz CT molecular complexity index is 1710. The molecule has 0 saturated carbocycles. The van der Waals surface area contributed by atoms with Crippen LogP contribution in [0.2, 0.25) is 0 Å². The lowest BCUT2D eigenvalue weighted by molar-refractivity contribution is 0.0693. The second kappa shape index (κ2) is 10.1. The van der Waals surface area contributed by atoms with Gasteiger partial charge in [-0.1, -0.05) is 49.3 Å². The van der Waals surface area contributed by atoms with E-state index in [9.17, 15) is 19.1 Å². The van der Waals surface area contributed by atoms with E-state index in [2.05, 4.69) is 6.58 Å². The maximum Gasteiger partial charge on any atom is 0.338 e. The summed E-state index contributed by atoms with van der Waals surface area (Å²) in [6.07, 6.45) is 1.95. The fourth-order valence-corrected chi connectivity index (χ4v) is 4.58. The number of halogens is 1. The van der Waals surface area contributed by atoms with Gasteiger partial charge in [-0.3, -0.25) is 4.79 Å². The molecule has 0 aliphatic carbocycles. The van der Waals surface area contributed by atoms with Crippen LogP contribution in [0.4, 0.5) is 4.39 Å². The van der Waals surface area contributed by atoms with Gasteiger partial charge in [-0.15, -0.1) is 0 Å². The van der Waals surface area contributed by atoms with Crippen LogP contribution < -0.4 is 21.3 Å². The molecule has 3 aromatic carbocycles. The van der Waals surface area contributed by atoms with E-state index in [0.717, 1.165) is 27.6 Å². The molecule has 0 fully saturated rings. The van der Waals surface area contributed by atoms with Crippen LogP contribution in [0.3, 0.4) is 0 Å². The average molecular weight is 496 g/mol. The number of aryl methyl sites for hydroxylation is 1. The second-order valence-corrected chi connectivity index (χ2v) is 9.59. The van der Waals surface area contributed by atoms with E-state index in [1.54, 1.807) is 26.3 Å². The average Bonchev–Trinajstić information content (AvgIpc) is 2.82. The Kier molecular flexibility index (Phi) is 7.08. The molecule has 7 heteroatoms. The zero-order valence-electron chi connectivity index (χ0n) is 21.6. The lowest BCUT2D eigenvalue weighted by Crippen LogP contribution is -2.28. The Morgan fingerprint density at radius 3 is 2.57 bits per heavy atom. The van der Waals surface area contributed by atoms with Crippen LogP contribution in [-0.4, -0.2) is 37.4 Å². The van der Waals surface area contributed by atoms with E-state index in [-0.39, 0.29) is 22.3 Å². The van der Waals surface area contributed by atoms with E-state index in [4.69, 9.17) is 4.42 Å². The van der Waals surface area contributed by atoms with Crippen molar-refractivity contribution in [1.29, 1.82) is 0 Å². The zero-order valence-corrected chi connectivity index (χ0v) is 21.6. The Hall–Kier alpha value is -4.13. The molecule has 37 heavy (non-hydrogen) atoms. The summed E-state index contributed by atoms with van der Waals surface area (Å²) >= 11 is 0. The molecule has 1 N–H and O–H groups in total. The number of carboxylic acids is 1. The van der Waals surface area contributed by atoms with Crippen LogP contribution in [0.1, 0.15) is 39.8 Å². The van der Waals surface area contributed by atoms with E-state index in [1.165, 1.54) is 6.07 Å². The highest BCUT2D eigenvalue weighted by molar-refractivity contribution is 6.57. The number of hydrogen-bond acceptors (Lipinski definition) is 4. The number of carboxylic acid groups (broad SMARTS) is 1. The third-order valence-electron chi connectivity index (χ3n) is 6.38. The molecule has 0 amide bonds. The molecule has 0 bridgehead atoms. The number of aromatic carboxylic acids is 1. The number of fused-ring (bicyclic) bond motifs is 1. The summed E-state index contributed by atoms with van der Waals surface area (Å²) in [5.74, 6) is -2.05. The lowest BCUT2D eigenvalue weighted by Gasteiger charge is -2.17. The molecular formula is C30H28BFNO4. The standard InChI is InChI=1S/C30H28BFNO4/c1-16-12-22(19(4)31-24-8-7-9-25(32)26(24)30(35)36)29-23(13-16)27(34)18(3)28(37-29)20-11-10-17(2)21(14-20)15-33(5)6/h7-15,19H,2H2,1,3-6H3,(H,35,36)/b21-15-. The van der Waals surface area contributed by atoms with Gasteiger partial charge in [0.1, 0.15) is 17.2 Å². The SMILES string of the molecule is C=c1ccc(-c2oc3c(C(C)[B]c4cccc(F)c4C(=O)O)cc(C)cc3c(=O)c2C)c/c1=C/N(C)C. The van der Waals surface area contributed by atoms with Gasteiger partial charge in [-0.25, -0.2) is 9.18 Å². The van der Waals surface area contributed by atoms with Gasteiger partial charge in [0.2, 0.25) is 0 Å². The van der Waals surface area contributed by atoms with Crippen LogP contribution in [0.5, 0.6) is 0 Å². The second-order valence-electron chi connectivity index (χ2n) is 9.59. The van der Waals surface area contributed by atoms with Gasteiger partial charge >= 0.3 is 5.97 Å². The molecule has 187 valence electrons. The quantitative estimate of drug-likeness (QED) is 0.413. The first-order valence-electron chi connectivity index (χ1n) is 11.9. The maximum absolute atomic E-state index is 14.3. The van der Waals surface area contributed by atoms with Gasteiger partial charge in [0.15, 0.2) is 12.7 Å².